The van der Waals surface area contributed by atoms with Gasteiger partial charge in [0.15, 0.2) is 11.5 Å². The van der Waals surface area contributed by atoms with Crippen molar-refractivity contribution in [2.45, 2.75) is 6.04 Å². The zero-order chi connectivity index (χ0) is 23.7. The van der Waals surface area contributed by atoms with Crippen molar-refractivity contribution in [1.82, 2.24) is 9.80 Å². The molecular formula is C25H26N2O7. The predicted octanol–water partition coefficient (Wildman–Crippen LogP) is 2.18. The van der Waals surface area contributed by atoms with Crippen molar-refractivity contribution in [2.24, 2.45) is 0 Å². The van der Waals surface area contributed by atoms with Crippen LogP contribution < -0.4 is 14.2 Å². The van der Waals surface area contributed by atoms with Gasteiger partial charge >= 0.3 is 0 Å². The molecule has 9 heteroatoms. The minimum atomic E-state index is -0.789. The number of carbonyl (C=O) groups is 2. The van der Waals surface area contributed by atoms with Gasteiger partial charge in [0.1, 0.15) is 11.5 Å². The van der Waals surface area contributed by atoms with Crippen LogP contribution in [0, 0.1) is 0 Å². The summed E-state index contributed by atoms with van der Waals surface area (Å²) in [5.41, 5.74) is 1.03. The zero-order valence-electron chi connectivity index (χ0n) is 18.9. The molecule has 2 fully saturated rings. The molecular weight excluding hydrogens is 440 g/mol. The Labute approximate surface area is 197 Å². The lowest BCUT2D eigenvalue weighted by Crippen LogP contribution is -2.42. The molecule has 9 nitrogen and oxygen atoms in total. The number of Topliss-reactive ketones (excluding diaryl/α,β-unsaturated/α-hetero) is 1. The first kappa shape index (κ1) is 22.2. The van der Waals surface area contributed by atoms with Crippen LogP contribution in [0.1, 0.15) is 17.2 Å². The minimum absolute atomic E-state index is 0.0235. The van der Waals surface area contributed by atoms with Gasteiger partial charge in [-0.2, -0.15) is 0 Å². The SMILES string of the molecule is COc1ccccc1C1C(=C(O)c2ccc3c(c2)OCO3)C(=O)C(=O)N1CCN1CCOCC1. The van der Waals surface area contributed by atoms with Crippen LogP contribution in [-0.2, 0) is 14.3 Å². The van der Waals surface area contributed by atoms with Crippen molar-refractivity contribution in [1.29, 1.82) is 0 Å². The summed E-state index contributed by atoms with van der Waals surface area (Å²) in [5.74, 6) is -0.0773. The summed E-state index contributed by atoms with van der Waals surface area (Å²) in [5, 5.41) is 11.3. The van der Waals surface area contributed by atoms with Gasteiger partial charge in [0.05, 0.1) is 31.9 Å². The fourth-order valence-corrected chi connectivity index (χ4v) is 4.60. The van der Waals surface area contributed by atoms with Crippen LogP contribution in [0.4, 0.5) is 0 Å². The van der Waals surface area contributed by atoms with Crippen LogP contribution in [-0.4, -0.2) is 79.9 Å². The molecule has 1 atom stereocenters. The van der Waals surface area contributed by atoms with Crippen molar-refractivity contribution in [3.05, 3.63) is 59.2 Å². The number of ether oxygens (including phenoxy) is 4. The third-order valence-corrected chi connectivity index (χ3v) is 6.38. The van der Waals surface area contributed by atoms with Gasteiger partial charge < -0.3 is 29.0 Å². The fraction of sp³-hybridized carbons (Fsp3) is 0.360. The summed E-state index contributed by atoms with van der Waals surface area (Å²) in [4.78, 5) is 30.2. The molecule has 0 bridgehead atoms. The van der Waals surface area contributed by atoms with E-state index in [1.807, 2.05) is 18.2 Å². The largest absolute Gasteiger partial charge is 0.507 e. The lowest BCUT2D eigenvalue weighted by molar-refractivity contribution is -0.140. The lowest BCUT2D eigenvalue weighted by atomic mass is 9.94. The fourth-order valence-electron chi connectivity index (χ4n) is 4.60. The number of likely N-dealkylation sites (tertiary alicyclic amines) is 1. The van der Waals surface area contributed by atoms with Crippen LogP contribution in [0.3, 0.4) is 0 Å². The average Bonchev–Trinajstić information content (AvgIpc) is 3.45. The third kappa shape index (κ3) is 3.97. The molecule has 2 saturated heterocycles. The molecule has 0 aliphatic carbocycles. The molecule has 1 amide bonds. The Morgan fingerprint density at radius 1 is 1.06 bits per heavy atom. The summed E-state index contributed by atoms with van der Waals surface area (Å²) in [6.45, 7) is 3.81. The summed E-state index contributed by atoms with van der Waals surface area (Å²) < 4.78 is 21.7. The Morgan fingerprint density at radius 3 is 2.62 bits per heavy atom. The maximum Gasteiger partial charge on any atom is 0.295 e. The Balaban J connectivity index is 1.56. The topological polar surface area (TPSA) is 97.8 Å². The molecule has 0 aromatic heterocycles. The number of aliphatic hydroxyl groups excluding tert-OH is 1. The van der Waals surface area contributed by atoms with Crippen LogP contribution in [0.2, 0.25) is 0 Å². The van der Waals surface area contributed by atoms with Gasteiger partial charge in [-0.1, -0.05) is 18.2 Å². The van der Waals surface area contributed by atoms with Crippen molar-refractivity contribution in [2.75, 3.05) is 53.3 Å². The Bertz CT molecular complexity index is 1140. The second-order valence-electron chi connectivity index (χ2n) is 8.26. The second-order valence-corrected chi connectivity index (χ2v) is 8.26. The number of hydrogen-bond acceptors (Lipinski definition) is 8. The van der Waals surface area contributed by atoms with Gasteiger partial charge in [0, 0.05) is 37.3 Å². The molecule has 0 spiro atoms. The van der Waals surface area contributed by atoms with Crippen LogP contribution in [0.25, 0.3) is 5.76 Å². The highest BCUT2D eigenvalue weighted by Gasteiger charge is 2.47. The van der Waals surface area contributed by atoms with Crippen molar-refractivity contribution in [3.8, 4) is 17.2 Å². The number of morpholine rings is 1. The zero-order valence-corrected chi connectivity index (χ0v) is 18.9. The number of ketones is 1. The number of nitrogens with zero attached hydrogens (tertiary/aromatic N) is 2. The first-order chi connectivity index (χ1) is 16.6. The average molecular weight is 466 g/mol. The summed E-state index contributed by atoms with van der Waals surface area (Å²) in [6, 6.07) is 11.4. The number of amides is 1. The summed E-state index contributed by atoms with van der Waals surface area (Å²) in [6.07, 6.45) is 0. The normalized spacial score (nSPS) is 21.8. The molecule has 0 radical (unpaired) electrons. The van der Waals surface area contributed by atoms with Gasteiger partial charge in [-0.25, -0.2) is 0 Å². The van der Waals surface area contributed by atoms with E-state index >= 15 is 0 Å². The number of methoxy groups -OCH3 is 1. The molecule has 5 rings (SSSR count). The standard InChI is InChI=1S/C25H26N2O7/c1-31-18-5-3-2-4-17(18)22-21(23(28)16-6-7-19-20(14-16)34-15-33-19)24(29)25(30)27(22)9-8-26-10-12-32-13-11-26/h2-7,14,22,28H,8-13,15H2,1H3. The molecule has 3 aliphatic rings. The van der Waals surface area contributed by atoms with Crippen LogP contribution in [0.15, 0.2) is 48.0 Å². The minimum Gasteiger partial charge on any atom is -0.507 e. The first-order valence-electron chi connectivity index (χ1n) is 11.2. The maximum absolute atomic E-state index is 13.3. The number of carbonyl (C=O) groups excluding carboxylic acids is 2. The van der Waals surface area contributed by atoms with E-state index < -0.39 is 17.7 Å². The van der Waals surface area contributed by atoms with E-state index in [0.29, 0.717) is 54.7 Å². The van der Waals surface area contributed by atoms with E-state index in [9.17, 15) is 14.7 Å². The number of hydrogen-bond donors (Lipinski definition) is 1. The Kier molecular flexibility index (Phi) is 6.12. The van der Waals surface area contributed by atoms with Crippen LogP contribution in [0.5, 0.6) is 17.2 Å². The Morgan fingerprint density at radius 2 is 1.82 bits per heavy atom. The van der Waals surface area contributed by atoms with Gasteiger partial charge in [-0.3, -0.25) is 14.5 Å². The third-order valence-electron chi connectivity index (χ3n) is 6.38. The molecule has 3 aliphatic heterocycles. The molecule has 3 heterocycles. The number of benzene rings is 2. The maximum atomic E-state index is 13.3. The van der Waals surface area contributed by atoms with E-state index in [2.05, 4.69) is 4.90 Å². The summed E-state index contributed by atoms with van der Waals surface area (Å²) in [7, 11) is 1.54. The summed E-state index contributed by atoms with van der Waals surface area (Å²) >= 11 is 0. The van der Waals surface area contributed by atoms with E-state index in [4.69, 9.17) is 18.9 Å². The van der Waals surface area contributed by atoms with Gasteiger partial charge in [0.25, 0.3) is 11.7 Å². The van der Waals surface area contributed by atoms with E-state index in [-0.39, 0.29) is 18.1 Å². The van der Waals surface area contributed by atoms with Gasteiger partial charge in [0.2, 0.25) is 6.79 Å². The van der Waals surface area contributed by atoms with E-state index in [0.717, 1.165) is 13.1 Å². The van der Waals surface area contributed by atoms with Gasteiger partial charge in [-0.05, 0) is 24.3 Å². The lowest BCUT2D eigenvalue weighted by Gasteiger charge is -2.31. The van der Waals surface area contributed by atoms with Gasteiger partial charge in [-0.15, -0.1) is 0 Å². The van der Waals surface area contributed by atoms with Crippen LogP contribution >= 0.6 is 0 Å². The molecule has 1 N–H and O–H groups in total. The molecule has 34 heavy (non-hydrogen) atoms. The molecule has 2 aromatic rings. The van der Waals surface area contributed by atoms with E-state index in [1.54, 1.807) is 24.3 Å². The quantitative estimate of drug-likeness (QED) is 0.393. The second kappa shape index (κ2) is 9.36. The van der Waals surface area contributed by atoms with Crippen molar-refractivity contribution in [3.63, 3.8) is 0 Å². The smallest absolute Gasteiger partial charge is 0.295 e. The van der Waals surface area contributed by atoms with E-state index in [1.165, 1.54) is 12.0 Å². The highest BCUT2D eigenvalue weighted by molar-refractivity contribution is 6.46. The molecule has 1 unspecified atom stereocenters. The number of para-hydroxylation sites is 1. The number of fused-ring (bicyclic) bond motifs is 1. The number of rotatable bonds is 6. The highest BCUT2D eigenvalue weighted by Crippen LogP contribution is 2.43. The van der Waals surface area contributed by atoms with Crippen molar-refractivity contribution >= 4 is 17.4 Å². The van der Waals surface area contributed by atoms with Crippen molar-refractivity contribution < 1.29 is 33.6 Å². The molecule has 0 saturated carbocycles. The molecule has 2 aromatic carbocycles. The Hall–Kier alpha value is -3.56. The predicted molar refractivity (Wildman–Crippen MR) is 122 cm³/mol. The molecule has 178 valence electrons. The number of aliphatic hydroxyl groups is 1. The highest BCUT2D eigenvalue weighted by atomic mass is 16.7. The first-order valence-corrected chi connectivity index (χ1v) is 11.2. The monoisotopic (exact) mass is 466 g/mol.